The molecule has 53 heavy (non-hydrogen) atoms. The molecule has 13 N–H and O–H groups in total. The molecule has 0 amide bonds. The molecule has 0 bridgehead atoms. The zero-order valence-electron chi connectivity index (χ0n) is 31.3. The standard InChI is InChI=1S/C13H19NO4.C12H15N5O4S2.C3H7NO2.2C2H6.CH5N/c1-14-6-8-18-12-4-2-3-11(9-12)10-17-7-5-13(15)16;13-8(6-17(14)3-4-18)7-21-9-1-2-10-11(5-9)22-12(16-10)23(15,19)20;4-3(1-5)2-6;3*1-2/h2-4,9,14H,5-8,10H2,1H3,(H,15,16);1-2,4-6H,3,7,13-14H2,(H2,15,19,20);1,3,6H,2,4H2;2*1-2H3;2H2,1H3/b;8-6-;;;;. The van der Waals surface area contributed by atoms with E-state index >= 15 is 0 Å². The predicted octanol–water partition coefficient (Wildman–Crippen LogP) is 0.906. The summed E-state index contributed by atoms with van der Waals surface area (Å²) >= 11 is 0.953. The van der Waals surface area contributed by atoms with Gasteiger partial charge in [-0.15, -0.1) is 11.3 Å². The molecule has 3 rings (SSSR count). The van der Waals surface area contributed by atoms with E-state index in [2.05, 4.69) is 16.0 Å². The van der Waals surface area contributed by atoms with Crippen molar-refractivity contribution in [1.29, 1.82) is 0 Å². The second-order valence-electron chi connectivity index (χ2n) is 9.29. The lowest BCUT2D eigenvalue weighted by atomic mass is 10.2. The van der Waals surface area contributed by atoms with Crippen LogP contribution >= 0.6 is 11.3 Å². The Bertz CT molecular complexity index is 1540. The van der Waals surface area contributed by atoms with Crippen LogP contribution in [0.3, 0.4) is 0 Å². The van der Waals surface area contributed by atoms with Crippen LogP contribution in [0.15, 0.2) is 58.7 Å². The fourth-order valence-electron chi connectivity index (χ4n) is 3.04. The van der Waals surface area contributed by atoms with Crippen LogP contribution in [0.5, 0.6) is 11.5 Å². The minimum absolute atomic E-state index is 0.0177. The number of carboxylic acids is 1. The number of ether oxygens (including phenoxy) is 3. The maximum atomic E-state index is 11.3. The molecule has 2 aromatic carbocycles. The summed E-state index contributed by atoms with van der Waals surface area (Å²) in [6.07, 6.45) is 2.56. The average molecular weight is 791 g/mol. The van der Waals surface area contributed by atoms with Gasteiger partial charge in [-0.05, 0) is 50.0 Å². The maximum Gasteiger partial charge on any atom is 0.305 e. The molecule has 0 saturated carbocycles. The van der Waals surface area contributed by atoms with Gasteiger partial charge in [0, 0.05) is 12.7 Å². The van der Waals surface area contributed by atoms with Gasteiger partial charge in [-0.2, -0.15) is 0 Å². The van der Waals surface area contributed by atoms with Crippen LogP contribution in [0, 0.1) is 0 Å². The molecule has 1 aromatic heterocycles. The summed E-state index contributed by atoms with van der Waals surface area (Å²) in [5, 5.41) is 25.6. The number of aliphatic hydroxyl groups excluding tert-OH is 1. The normalized spacial score (nSPS) is 10.7. The molecule has 302 valence electrons. The number of thiazole rings is 1. The molecular weight excluding hydrogens is 733 g/mol. The Morgan fingerprint density at radius 3 is 2.23 bits per heavy atom. The lowest BCUT2D eigenvalue weighted by molar-refractivity contribution is -0.138. The summed E-state index contributed by atoms with van der Waals surface area (Å²) in [4.78, 5) is 34.0. The van der Waals surface area contributed by atoms with E-state index in [0.29, 0.717) is 47.4 Å². The number of rotatable bonds is 18. The van der Waals surface area contributed by atoms with Gasteiger partial charge < -0.3 is 61.5 Å². The quantitative estimate of drug-likeness (QED) is 0.0384. The molecule has 20 heteroatoms. The first-order chi connectivity index (χ1) is 25.3. The average Bonchev–Trinajstić information content (AvgIpc) is 3.60. The predicted molar refractivity (Wildman–Crippen MR) is 207 cm³/mol. The molecule has 0 aliphatic rings. The lowest BCUT2D eigenvalue weighted by Gasteiger charge is -2.12. The van der Waals surface area contributed by atoms with Gasteiger partial charge >= 0.3 is 5.97 Å². The van der Waals surface area contributed by atoms with Gasteiger partial charge in [-0.25, -0.2) is 24.4 Å². The van der Waals surface area contributed by atoms with E-state index in [1.807, 2.05) is 59.0 Å². The summed E-state index contributed by atoms with van der Waals surface area (Å²) in [5.74, 6) is 5.92. The largest absolute Gasteiger partial charge is 0.492 e. The Morgan fingerprint density at radius 1 is 1.06 bits per heavy atom. The molecule has 3 aromatic rings. The van der Waals surface area contributed by atoms with Crippen molar-refractivity contribution in [2.24, 2.45) is 28.2 Å². The molecule has 0 aliphatic carbocycles. The van der Waals surface area contributed by atoms with Gasteiger partial charge in [0.15, 0.2) is 0 Å². The number of primary sulfonamides is 1. The number of hydrogen-bond acceptors (Lipinski definition) is 17. The molecule has 1 heterocycles. The Labute approximate surface area is 316 Å². The summed E-state index contributed by atoms with van der Waals surface area (Å²) < 4.78 is 39.3. The van der Waals surface area contributed by atoms with Crippen molar-refractivity contribution < 1.29 is 47.2 Å². The third-order valence-corrected chi connectivity index (χ3v) is 7.58. The van der Waals surface area contributed by atoms with E-state index < -0.39 is 22.0 Å². The topological polar surface area (TPSA) is 312 Å². The minimum Gasteiger partial charge on any atom is -0.492 e. The Morgan fingerprint density at radius 2 is 1.70 bits per heavy atom. The third kappa shape index (κ3) is 27.1. The van der Waals surface area contributed by atoms with Crippen LogP contribution in [0.4, 0.5) is 0 Å². The Balaban J connectivity index is -0.000000740. The first kappa shape index (κ1) is 53.1. The number of sulfonamides is 1. The van der Waals surface area contributed by atoms with E-state index in [1.54, 1.807) is 18.2 Å². The van der Waals surface area contributed by atoms with E-state index in [9.17, 15) is 22.8 Å². The monoisotopic (exact) mass is 790 g/mol. The Kier molecular flexibility index (Phi) is 33.6. The number of likely N-dealkylation sites (N-methyl/N-ethyl adjacent to an activating group) is 1. The zero-order chi connectivity index (χ0) is 41.2. The van der Waals surface area contributed by atoms with E-state index in [4.69, 9.17) is 46.9 Å². The number of aromatic nitrogens is 1. The highest BCUT2D eigenvalue weighted by Crippen LogP contribution is 2.28. The number of fused-ring (bicyclic) bond motifs is 1. The second kappa shape index (κ2) is 33.6. The van der Waals surface area contributed by atoms with Gasteiger partial charge in [-0.1, -0.05) is 39.8 Å². The third-order valence-electron chi connectivity index (χ3n) is 5.24. The van der Waals surface area contributed by atoms with E-state index in [1.165, 1.54) is 13.2 Å². The maximum absolute atomic E-state index is 11.3. The smallest absolute Gasteiger partial charge is 0.305 e. The highest BCUT2D eigenvalue weighted by Gasteiger charge is 2.15. The molecule has 1 atom stereocenters. The summed E-state index contributed by atoms with van der Waals surface area (Å²) in [6.45, 7) is 9.84. The minimum atomic E-state index is -3.83. The number of carboxylic acid groups (broad SMARTS) is 1. The zero-order valence-corrected chi connectivity index (χ0v) is 32.9. The lowest BCUT2D eigenvalue weighted by Crippen LogP contribution is -2.29. The van der Waals surface area contributed by atoms with Gasteiger partial charge in [0.05, 0.1) is 54.7 Å². The van der Waals surface area contributed by atoms with Crippen LogP contribution in [-0.4, -0.2) is 107 Å². The van der Waals surface area contributed by atoms with Crippen LogP contribution in [0.25, 0.3) is 10.2 Å². The van der Waals surface area contributed by atoms with E-state index in [-0.39, 0.29) is 37.1 Å². The van der Waals surface area contributed by atoms with Crippen molar-refractivity contribution in [1.82, 2.24) is 15.3 Å². The number of hydrazine groups is 1. The number of hydrogen-bond donors (Lipinski definition) is 8. The fraction of sp³-hybridized carbons (Fsp3) is 0.455. The number of carbonyl (C=O) groups is 3. The van der Waals surface area contributed by atoms with Gasteiger partial charge in [0.25, 0.3) is 10.0 Å². The number of carbonyl (C=O) groups excluding carboxylic acids is 2. The first-order valence-electron chi connectivity index (χ1n) is 16.4. The molecule has 0 radical (unpaired) electrons. The number of nitrogens with one attached hydrogen (secondary N) is 1. The SMILES string of the molecule is CC.CC.CN.CNCCOc1cccc(COCCC(=O)O)c1.N/C(=C\N(N)CC=O)COc1ccc2nc(S(N)(=O)=O)sc2c1.NC(C=O)CO. The van der Waals surface area contributed by atoms with Gasteiger partial charge in [-0.3, -0.25) is 4.79 Å². The van der Waals surface area contributed by atoms with Gasteiger partial charge in [0.1, 0.15) is 37.3 Å². The second-order valence-corrected chi connectivity index (χ2v) is 12.1. The van der Waals surface area contributed by atoms with Crippen LogP contribution in [0.1, 0.15) is 39.7 Å². The van der Waals surface area contributed by atoms with Crippen LogP contribution in [-0.2, 0) is 35.8 Å². The number of nitrogens with two attached hydrogens (primary N) is 5. The molecule has 1 unspecified atom stereocenters. The first-order valence-corrected chi connectivity index (χ1v) is 18.7. The summed E-state index contributed by atoms with van der Waals surface area (Å²) in [5.41, 5.74) is 16.9. The van der Waals surface area contributed by atoms with Crippen LogP contribution in [0.2, 0.25) is 0 Å². The highest BCUT2D eigenvalue weighted by molar-refractivity contribution is 7.91. The van der Waals surface area contributed by atoms with Crippen molar-refractivity contribution in [2.45, 2.75) is 51.1 Å². The van der Waals surface area contributed by atoms with Crippen molar-refractivity contribution in [3.05, 3.63) is 59.9 Å². The fourth-order valence-corrected chi connectivity index (χ4v) is 4.72. The number of aliphatic carboxylic acids is 1. The van der Waals surface area contributed by atoms with Gasteiger partial charge in [0.2, 0.25) is 4.34 Å². The molecule has 0 aliphatic heterocycles. The van der Waals surface area contributed by atoms with E-state index in [0.717, 1.165) is 34.2 Å². The van der Waals surface area contributed by atoms with Crippen molar-refractivity contribution >= 4 is 50.1 Å². The van der Waals surface area contributed by atoms with Crippen LogP contribution < -0.4 is 43.0 Å². The number of nitrogens with zero attached hydrogens (tertiary/aromatic N) is 2. The number of aldehydes is 2. The number of benzene rings is 2. The summed E-state index contributed by atoms with van der Waals surface area (Å²) in [6, 6.07) is 11.8. The molecule has 0 spiro atoms. The number of aliphatic hydroxyl groups is 1. The van der Waals surface area contributed by atoms with Crippen molar-refractivity contribution in [3.63, 3.8) is 0 Å². The molecular formula is C33H58N8O10S2. The molecule has 0 saturated heterocycles. The summed E-state index contributed by atoms with van der Waals surface area (Å²) in [7, 11) is -0.462. The molecule has 18 nitrogen and oxygen atoms in total. The van der Waals surface area contributed by atoms with Crippen molar-refractivity contribution in [2.75, 3.05) is 53.6 Å². The molecule has 0 fully saturated rings. The Hall–Kier alpha value is -4.25. The highest BCUT2D eigenvalue weighted by atomic mass is 32.2. The van der Waals surface area contributed by atoms with Crippen molar-refractivity contribution in [3.8, 4) is 11.5 Å².